The summed E-state index contributed by atoms with van der Waals surface area (Å²) >= 11 is 0. The Morgan fingerprint density at radius 3 is 2.80 bits per heavy atom. The predicted octanol–water partition coefficient (Wildman–Crippen LogP) is -0.349. The minimum absolute atomic E-state index is 0.00833. The van der Waals surface area contributed by atoms with E-state index < -0.39 is 0 Å². The normalized spacial score (nSPS) is 18.9. The van der Waals surface area contributed by atoms with Gasteiger partial charge < -0.3 is 10.6 Å². The Kier molecular flexibility index (Phi) is 2.45. The average molecular weight is 140 g/mol. The number of hydrogen-bond acceptors (Lipinski definition) is 2. The molecule has 0 atom stereocenters. The van der Waals surface area contributed by atoms with Crippen LogP contribution in [0.3, 0.4) is 0 Å². The van der Waals surface area contributed by atoms with Crippen molar-refractivity contribution >= 4 is 5.91 Å². The van der Waals surface area contributed by atoms with Crippen LogP contribution >= 0.6 is 0 Å². The van der Waals surface area contributed by atoms with Crippen LogP contribution in [0.2, 0.25) is 0 Å². The Morgan fingerprint density at radius 2 is 2.40 bits per heavy atom. The van der Waals surface area contributed by atoms with Crippen LogP contribution in [0, 0.1) is 0 Å². The molecular formula is C7H12N2O. The minimum Gasteiger partial charge on any atom is -0.347 e. The van der Waals surface area contributed by atoms with Gasteiger partial charge in [0.1, 0.15) is 0 Å². The van der Waals surface area contributed by atoms with Gasteiger partial charge in [-0.3, -0.25) is 4.79 Å². The quantitative estimate of drug-likeness (QED) is 0.515. The van der Waals surface area contributed by atoms with Gasteiger partial charge in [-0.15, -0.1) is 0 Å². The van der Waals surface area contributed by atoms with E-state index in [9.17, 15) is 4.79 Å². The van der Waals surface area contributed by atoms with E-state index in [0.717, 1.165) is 13.1 Å². The lowest BCUT2D eigenvalue weighted by atomic mass is 10.2. The number of carbonyl (C=O) groups is 1. The van der Waals surface area contributed by atoms with Crippen LogP contribution in [-0.4, -0.2) is 25.0 Å². The molecule has 3 nitrogen and oxygen atoms in total. The lowest BCUT2D eigenvalue weighted by Crippen LogP contribution is -2.56. The molecule has 0 aromatic carbocycles. The van der Waals surface area contributed by atoms with Crippen LogP contribution in [0.5, 0.6) is 0 Å². The maximum absolute atomic E-state index is 10.8. The second kappa shape index (κ2) is 3.37. The first kappa shape index (κ1) is 7.28. The van der Waals surface area contributed by atoms with Gasteiger partial charge in [0.2, 0.25) is 5.91 Å². The smallest absolute Gasteiger partial charge is 0.243 e. The highest BCUT2D eigenvalue weighted by Crippen LogP contribution is 1.89. The van der Waals surface area contributed by atoms with Crippen molar-refractivity contribution in [2.24, 2.45) is 0 Å². The van der Waals surface area contributed by atoms with Crippen molar-refractivity contribution in [3.63, 3.8) is 0 Å². The second-order valence-electron chi connectivity index (χ2n) is 2.36. The lowest BCUT2D eigenvalue weighted by molar-refractivity contribution is -0.117. The molecule has 0 unspecified atom stereocenters. The SMILES string of the molecule is C/C=C/C(=O)NC1CNC1. The van der Waals surface area contributed by atoms with Crippen molar-refractivity contribution in [2.75, 3.05) is 13.1 Å². The minimum atomic E-state index is 0.00833. The molecule has 1 amide bonds. The van der Waals surface area contributed by atoms with E-state index in [1.807, 2.05) is 6.92 Å². The fourth-order valence-electron chi connectivity index (χ4n) is 0.791. The maximum atomic E-state index is 10.8. The first-order valence-electron chi connectivity index (χ1n) is 3.47. The molecule has 0 spiro atoms. The van der Waals surface area contributed by atoms with Crippen LogP contribution in [0.1, 0.15) is 6.92 Å². The molecular weight excluding hydrogens is 128 g/mol. The number of rotatable bonds is 2. The summed E-state index contributed by atoms with van der Waals surface area (Å²) in [6, 6.07) is 0.351. The molecule has 1 fully saturated rings. The summed E-state index contributed by atoms with van der Waals surface area (Å²) in [4.78, 5) is 10.8. The summed E-state index contributed by atoms with van der Waals surface area (Å²) in [5, 5.41) is 5.90. The number of carbonyl (C=O) groups excluding carboxylic acids is 1. The van der Waals surface area contributed by atoms with Gasteiger partial charge in [0.15, 0.2) is 0 Å². The molecule has 1 rings (SSSR count). The van der Waals surface area contributed by atoms with Crippen molar-refractivity contribution in [1.82, 2.24) is 10.6 Å². The first-order valence-corrected chi connectivity index (χ1v) is 3.47. The molecule has 0 radical (unpaired) electrons. The lowest BCUT2D eigenvalue weighted by Gasteiger charge is -2.27. The Morgan fingerprint density at radius 1 is 1.70 bits per heavy atom. The van der Waals surface area contributed by atoms with Crippen LogP contribution in [0.4, 0.5) is 0 Å². The van der Waals surface area contributed by atoms with Gasteiger partial charge in [0.05, 0.1) is 6.04 Å². The monoisotopic (exact) mass is 140 g/mol. The molecule has 0 aliphatic carbocycles. The summed E-state index contributed by atoms with van der Waals surface area (Å²) < 4.78 is 0. The fourth-order valence-corrected chi connectivity index (χ4v) is 0.791. The third-order valence-corrected chi connectivity index (χ3v) is 1.45. The molecule has 0 aromatic rings. The van der Waals surface area contributed by atoms with Gasteiger partial charge in [0.25, 0.3) is 0 Å². The van der Waals surface area contributed by atoms with Crippen LogP contribution in [0.25, 0.3) is 0 Å². The zero-order valence-corrected chi connectivity index (χ0v) is 6.05. The zero-order chi connectivity index (χ0) is 7.40. The average Bonchev–Trinajstić information content (AvgIpc) is 1.80. The molecule has 1 heterocycles. The predicted molar refractivity (Wildman–Crippen MR) is 39.6 cm³/mol. The highest BCUT2D eigenvalue weighted by atomic mass is 16.1. The van der Waals surface area contributed by atoms with E-state index >= 15 is 0 Å². The van der Waals surface area contributed by atoms with E-state index in [0.29, 0.717) is 6.04 Å². The van der Waals surface area contributed by atoms with Gasteiger partial charge in [0, 0.05) is 13.1 Å². The van der Waals surface area contributed by atoms with Crippen molar-refractivity contribution in [3.05, 3.63) is 12.2 Å². The van der Waals surface area contributed by atoms with E-state index in [-0.39, 0.29) is 5.91 Å². The largest absolute Gasteiger partial charge is 0.347 e. The first-order chi connectivity index (χ1) is 4.83. The molecule has 0 aromatic heterocycles. The molecule has 1 saturated heterocycles. The summed E-state index contributed by atoms with van der Waals surface area (Å²) in [6.07, 6.45) is 3.28. The third kappa shape index (κ3) is 1.84. The standard InChI is InChI=1S/C7H12N2O/c1-2-3-7(10)9-6-4-8-5-6/h2-3,6,8H,4-5H2,1H3,(H,9,10)/b3-2+. The number of nitrogens with one attached hydrogen (secondary N) is 2. The van der Waals surface area contributed by atoms with Crippen molar-refractivity contribution in [2.45, 2.75) is 13.0 Å². The van der Waals surface area contributed by atoms with Crippen LogP contribution < -0.4 is 10.6 Å². The number of amides is 1. The molecule has 0 bridgehead atoms. The Bertz CT molecular complexity index is 150. The summed E-state index contributed by atoms with van der Waals surface area (Å²) in [5.41, 5.74) is 0. The van der Waals surface area contributed by atoms with Crippen LogP contribution in [0.15, 0.2) is 12.2 Å². The molecule has 0 saturated carbocycles. The molecule has 3 heteroatoms. The van der Waals surface area contributed by atoms with Gasteiger partial charge in [-0.1, -0.05) is 6.08 Å². The van der Waals surface area contributed by atoms with Crippen molar-refractivity contribution in [1.29, 1.82) is 0 Å². The Balaban J connectivity index is 2.17. The fraction of sp³-hybridized carbons (Fsp3) is 0.571. The molecule has 2 N–H and O–H groups in total. The number of hydrogen-bond donors (Lipinski definition) is 2. The van der Waals surface area contributed by atoms with Crippen LogP contribution in [-0.2, 0) is 4.79 Å². The van der Waals surface area contributed by atoms with E-state index in [1.54, 1.807) is 12.2 Å². The molecule has 1 aliphatic rings. The Labute approximate surface area is 60.5 Å². The highest BCUT2D eigenvalue weighted by Gasteiger charge is 2.16. The third-order valence-electron chi connectivity index (χ3n) is 1.45. The zero-order valence-electron chi connectivity index (χ0n) is 6.05. The highest BCUT2D eigenvalue weighted by molar-refractivity contribution is 5.87. The maximum Gasteiger partial charge on any atom is 0.243 e. The summed E-state index contributed by atoms with van der Waals surface area (Å²) in [7, 11) is 0. The van der Waals surface area contributed by atoms with Gasteiger partial charge in [-0.05, 0) is 13.0 Å². The van der Waals surface area contributed by atoms with E-state index in [1.165, 1.54) is 0 Å². The topological polar surface area (TPSA) is 41.1 Å². The summed E-state index contributed by atoms with van der Waals surface area (Å²) in [5.74, 6) is 0.00833. The van der Waals surface area contributed by atoms with E-state index in [2.05, 4.69) is 10.6 Å². The Hall–Kier alpha value is -0.830. The van der Waals surface area contributed by atoms with Gasteiger partial charge in [-0.2, -0.15) is 0 Å². The second-order valence-corrected chi connectivity index (χ2v) is 2.36. The van der Waals surface area contributed by atoms with Crippen molar-refractivity contribution < 1.29 is 4.79 Å². The number of allylic oxidation sites excluding steroid dienone is 1. The molecule has 56 valence electrons. The van der Waals surface area contributed by atoms with E-state index in [4.69, 9.17) is 0 Å². The van der Waals surface area contributed by atoms with Gasteiger partial charge >= 0.3 is 0 Å². The molecule has 1 aliphatic heterocycles. The van der Waals surface area contributed by atoms with Crippen molar-refractivity contribution in [3.8, 4) is 0 Å². The van der Waals surface area contributed by atoms with Gasteiger partial charge in [-0.25, -0.2) is 0 Å². The summed E-state index contributed by atoms with van der Waals surface area (Å²) in [6.45, 7) is 3.64. The molecule has 10 heavy (non-hydrogen) atoms.